The van der Waals surface area contributed by atoms with Crippen LogP contribution in [0.2, 0.25) is 0 Å². The van der Waals surface area contributed by atoms with Gasteiger partial charge in [-0.2, -0.15) is 0 Å². The summed E-state index contributed by atoms with van der Waals surface area (Å²) in [7, 11) is 0. The third kappa shape index (κ3) is 4.09. The lowest BCUT2D eigenvalue weighted by Gasteiger charge is -2.30. The van der Waals surface area contributed by atoms with Gasteiger partial charge in [0.1, 0.15) is 5.60 Å². The third-order valence-corrected chi connectivity index (χ3v) is 2.70. The van der Waals surface area contributed by atoms with Crippen LogP contribution in [-0.2, 0) is 4.74 Å². The Morgan fingerprint density at radius 2 is 2.33 bits per heavy atom. The third-order valence-electron chi connectivity index (χ3n) is 2.70. The Morgan fingerprint density at radius 1 is 1.67 bits per heavy atom. The molecule has 1 aliphatic rings. The van der Waals surface area contributed by atoms with E-state index in [0.717, 1.165) is 6.42 Å². The van der Waals surface area contributed by atoms with Gasteiger partial charge in [0.2, 0.25) is 0 Å². The van der Waals surface area contributed by atoms with Gasteiger partial charge in [-0.15, -0.1) is 0 Å². The van der Waals surface area contributed by atoms with Gasteiger partial charge in [0, 0.05) is 11.5 Å². The summed E-state index contributed by atoms with van der Waals surface area (Å²) in [5.74, 6) is 0. The van der Waals surface area contributed by atoms with Crippen molar-refractivity contribution in [1.82, 2.24) is 4.90 Å². The average molecular weight is 256 g/mol. The van der Waals surface area contributed by atoms with Gasteiger partial charge in [0.05, 0.1) is 18.7 Å². The van der Waals surface area contributed by atoms with Crippen molar-refractivity contribution in [3.8, 4) is 0 Å². The predicted molar refractivity (Wildman–Crippen MR) is 66.0 cm³/mol. The summed E-state index contributed by atoms with van der Waals surface area (Å²) in [5, 5.41) is 13.2. The molecule has 0 aliphatic carbocycles. The van der Waals surface area contributed by atoms with E-state index < -0.39 is 17.8 Å². The largest absolute Gasteiger partial charge is 0.444 e. The van der Waals surface area contributed by atoms with E-state index in [-0.39, 0.29) is 12.6 Å². The zero-order valence-electron chi connectivity index (χ0n) is 11.0. The van der Waals surface area contributed by atoms with E-state index in [1.165, 1.54) is 4.90 Å². The lowest BCUT2D eigenvalue weighted by atomic mass is 10.1. The van der Waals surface area contributed by atoms with Crippen molar-refractivity contribution in [3.05, 3.63) is 10.4 Å². The number of rotatable bonds is 3. The number of carbonyl (C=O) groups is 1. The standard InChI is InChI=1S/C11H20N4O3/c1-11(2,3)18-10(17)15-6-4-5-8(15)9(16)7-13-14-12/h8-9,16H,4-7H2,1-3H3/t8-,9-/m1/s1. The van der Waals surface area contributed by atoms with Gasteiger partial charge in [0.15, 0.2) is 0 Å². The Kier molecular flexibility index (Phi) is 4.81. The molecule has 102 valence electrons. The summed E-state index contributed by atoms with van der Waals surface area (Å²) in [6.45, 7) is 5.93. The summed E-state index contributed by atoms with van der Waals surface area (Å²) in [5.41, 5.74) is 7.67. The summed E-state index contributed by atoms with van der Waals surface area (Å²) >= 11 is 0. The molecule has 1 heterocycles. The maximum atomic E-state index is 11.9. The molecule has 2 atom stereocenters. The van der Waals surface area contributed by atoms with Crippen molar-refractivity contribution in [2.45, 2.75) is 51.4 Å². The number of carbonyl (C=O) groups excluding carboxylic acids is 1. The molecule has 0 saturated carbocycles. The SMILES string of the molecule is CC(C)(C)OC(=O)N1CCC[C@@H]1[C@H](O)CN=[N+]=[N-]. The lowest BCUT2D eigenvalue weighted by molar-refractivity contribution is 0.00672. The fraction of sp³-hybridized carbons (Fsp3) is 0.909. The number of aliphatic hydroxyl groups is 1. The molecule has 0 radical (unpaired) electrons. The van der Waals surface area contributed by atoms with Crippen LogP contribution in [0.1, 0.15) is 33.6 Å². The number of nitrogens with zero attached hydrogens (tertiary/aromatic N) is 4. The number of amides is 1. The second-order valence-corrected chi connectivity index (χ2v) is 5.36. The molecule has 1 saturated heterocycles. The molecule has 0 bridgehead atoms. The zero-order chi connectivity index (χ0) is 13.8. The molecule has 0 aromatic carbocycles. The highest BCUT2D eigenvalue weighted by Gasteiger charge is 2.35. The molecule has 0 aromatic heterocycles. The minimum Gasteiger partial charge on any atom is -0.444 e. The van der Waals surface area contributed by atoms with E-state index in [1.54, 1.807) is 20.8 Å². The molecule has 1 rings (SSSR count). The Hall–Kier alpha value is -1.46. The second-order valence-electron chi connectivity index (χ2n) is 5.36. The Labute approximate surface area is 106 Å². The van der Waals surface area contributed by atoms with Crippen molar-refractivity contribution in [1.29, 1.82) is 0 Å². The number of aliphatic hydroxyl groups excluding tert-OH is 1. The molecule has 1 N–H and O–H groups in total. The van der Waals surface area contributed by atoms with Crippen LogP contribution in [0.3, 0.4) is 0 Å². The van der Waals surface area contributed by atoms with Crippen LogP contribution >= 0.6 is 0 Å². The van der Waals surface area contributed by atoms with E-state index >= 15 is 0 Å². The summed E-state index contributed by atoms with van der Waals surface area (Å²) in [6.07, 6.45) is 0.249. The molecule has 0 unspecified atom stereocenters. The molecule has 7 nitrogen and oxygen atoms in total. The molecule has 7 heteroatoms. The fourth-order valence-corrected chi connectivity index (χ4v) is 1.98. The first-order valence-corrected chi connectivity index (χ1v) is 6.03. The van der Waals surface area contributed by atoms with Gasteiger partial charge >= 0.3 is 6.09 Å². The van der Waals surface area contributed by atoms with Crippen LogP contribution in [0.25, 0.3) is 10.4 Å². The molecule has 18 heavy (non-hydrogen) atoms. The molecule has 0 aromatic rings. The van der Waals surface area contributed by atoms with Gasteiger partial charge in [-0.25, -0.2) is 4.79 Å². The number of azide groups is 1. The highest BCUT2D eigenvalue weighted by Crippen LogP contribution is 2.23. The van der Waals surface area contributed by atoms with E-state index in [4.69, 9.17) is 10.3 Å². The molecule has 0 spiro atoms. The Morgan fingerprint density at radius 3 is 2.89 bits per heavy atom. The smallest absolute Gasteiger partial charge is 0.410 e. The summed E-state index contributed by atoms with van der Waals surface area (Å²) in [6, 6.07) is -0.328. The van der Waals surface area contributed by atoms with Gasteiger partial charge in [-0.1, -0.05) is 5.11 Å². The van der Waals surface area contributed by atoms with Crippen molar-refractivity contribution < 1.29 is 14.6 Å². The molecular formula is C11H20N4O3. The van der Waals surface area contributed by atoms with Crippen LogP contribution in [-0.4, -0.2) is 46.9 Å². The monoisotopic (exact) mass is 256 g/mol. The maximum Gasteiger partial charge on any atom is 0.410 e. The first-order valence-electron chi connectivity index (χ1n) is 6.03. The average Bonchev–Trinajstić information content (AvgIpc) is 2.72. The van der Waals surface area contributed by atoms with Crippen LogP contribution in [0.15, 0.2) is 5.11 Å². The van der Waals surface area contributed by atoms with E-state index in [9.17, 15) is 9.90 Å². The second kappa shape index (κ2) is 5.93. The minimum absolute atomic E-state index is 0.0273. The molecular weight excluding hydrogens is 236 g/mol. The first kappa shape index (κ1) is 14.6. The van der Waals surface area contributed by atoms with Gasteiger partial charge in [-0.05, 0) is 39.1 Å². The summed E-state index contributed by atoms with van der Waals surface area (Å²) < 4.78 is 5.28. The fourth-order valence-electron chi connectivity index (χ4n) is 1.98. The molecule has 1 aliphatic heterocycles. The van der Waals surface area contributed by atoms with Crippen LogP contribution < -0.4 is 0 Å². The van der Waals surface area contributed by atoms with Crippen molar-refractivity contribution in [2.24, 2.45) is 5.11 Å². The number of likely N-dealkylation sites (tertiary alicyclic amines) is 1. The van der Waals surface area contributed by atoms with E-state index in [1.807, 2.05) is 0 Å². The highest BCUT2D eigenvalue weighted by atomic mass is 16.6. The van der Waals surface area contributed by atoms with Crippen LogP contribution in [0.4, 0.5) is 4.79 Å². The van der Waals surface area contributed by atoms with E-state index in [0.29, 0.717) is 13.0 Å². The van der Waals surface area contributed by atoms with E-state index in [2.05, 4.69) is 10.0 Å². The van der Waals surface area contributed by atoms with Crippen LogP contribution in [0.5, 0.6) is 0 Å². The normalized spacial score (nSPS) is 21.3. The molecule has 1 fully saturated rings. The number of ether oxygens (including phenoxy) is 1. The highest BCUT2D eigenvalue weighted by molar-refractivity contribution is 5.69. The summed E-state index contributed by atoms with van der Waals surface area (Å²) in [4.78, 5) is 16.1. The topological polar surface area (TPSA) is 98.5 Å². The van der Waals surface area contributed by atoms with Crippen LogP contribution in [0, 0.1) is 0 Å². The van der Waals surface area contributed by atoms with Gasteiger partial charge < -0.3 is 14.7 Å². The Bertz CT molecular complexity index is 347. The number of hydrogen-bond acceptors (Lipinski definition) is 4. The number of hydrogen-bond donors (Lipinski definition) is 1. The first-order chi connectivity index (χ1) is 8.35. The van der Waals surface area contributed by atoms with Crippen molar-refractivity contribution >= 4 is 6.09 Å². The Balaban J connectivity index is 2.64. The zero-order valence-corrected chi connectivity index (χ0v) is 11.0. The maximum absolute atomic E-state index is 11.9. The predicted octanol–water partition coefficient (Wildman–Crippen LogP) is 2.06. The quantitative estimate of drug-likeness (QED) is 0.475. The van der Waals surface area contributed by atoms with Crippen molar-refractivity contribution in [2.75, 3.05) is 13.1 Å². The van der Waals surface area contributed by atoms with Gasteiger partial charge in [0.25, 0.3) is 0 Å². The van der Waals surface area contributed by atoms with Gasteiger partial charge in [-0.3, -0.25) is 0 Å². The lowest BCUT2D eigenvalue weighted by Crippen LogP contribution is -2.46. The minimum atomic E-state index is -0.837. The van der Waals surface area contributed by atoms with Crippen molar-refractivity contribution in [3.63, 3.8) is 0 Å². The molecule has 1 amide bonds.